The first kappa shape index (κ1) is 24.4. The molecule has 2 fully saturated rings. The third kappa shape index (κ3) is 3.09. The average molecular weight is 535 g/mol. The highest BCUT2D eigenvalue weighted by atomic mass is 16.4. The van der Waals surface area contributed by atoms with E-state index in [0.29, 0.717) is 34.5 Å². The molecule has 0 aliphatic carbocycles. The molecule has 0 saturated carbocycles. The number of aromatic carboxylic acids is 1. The van der Waals surface area contributed by atoms with Crippen LogP contribution in [0.15, 0.2) is 77.6 Å². The van der Waals surface area contributed by atoms with Gasteiger partial charge >= 0.3 is 5.97 Å². The fourth-order valence-corrected chi connectivity index (χ4v) is 6.94. The monoisotopic (exact) mass is 534 g/mol. The zero-order valence-electron chi connectivity index (χ0n) is 21.9. The molecule has 2 amide bonds. The zero-order valence-corrected chi connectivity index (χ0v) is 21.9. The molecule has 3 aromatic carbocycles. The first-order valence-electron chi connectivity index (χ1n) is 13.3. The van der Waals surface area contributed by atoms with Gasteiger partial charge in [-0.25, -0.2) is 14.7 Å². The molecule has 4 heterocycles. The van der Waals surface area contributed by atoms with E-state index in [1.165, 1.54) is 29.2 Å². The predicted octanol–water partition coefficient (Wildman–Crippen LogP) is 3.46. The van der Waals surface area contributed by atoms with Crippen molar-refractivity contribution in [3.8, 4) is 5.69 Å². The molecule has 1 spiro atoms. The number of benzene rings is 3. The second-order valence-electron chi connectivity index (χ2n) is 11.2. The van der Waals surface area contributed by atoms with E-state index >= 15 is 0 Å². The zero-order chi connectivity index (χ0) is 27.9. The highest BCUT2D eigenvalue weighted by Crippen LogP contribution is 2.56. The molecule has 4 atom stereocenters. The summed E-state index contributed by atoms with van der Waals surface area (Å²) in [7, 11) is 0. The van der Waals surface area contributed by atoms with E-state index in [4.69, 9.17) is 4.98 Å². The Hall–Kier alpha value is -4.63. The lowest BCUT2D eigenvalue weighted by Gasteiger charge is -2.32. The Bertz CT molecular complexity index is 1810. The van der Waals surface area contributed by atoms with Gasteiger partial charge in [-0.3, -0.25) is 24.3 Å². The van der Waals surface area contributed by atoms with Crippen molar-refractivity contribution >= 4 is 34.4 Å². The molecule has 2 N–H and O–H groups in total. The Balaban J connectivity index is 1.48. The summed E-state index contributed by atoms with van der Waals surface area (Å²) in [5.41, 5.74) is 0.855. The lowest BCUT2D eigenvalue weighted by molar-refractivity contribution is -0.123. The van der Waals surface area contributed by atoms with Gasteiger partial charge in [-0.1, -0.05) is 44.2 Å². The summed E-state index contributed by atoms with van der Waals surface area (Å²) in [4.78, 5) is 60.0. The number of aromatic nitrogens is 2. The second-order valence-corrected chi connectivity index (χ2v) is 11.2. The van der Waals surface area contributed by atoms with E-state index < -0.39 is 29.3 Å². The number of carbonyl (C=O) groups is 3. The van der Waals surface area contributed by atoms with Crippen molar-refractivity contribution in [2.75, 3.05) is 4.90 Å². The molecule has 3 aliphatic heterocycles. The van der Waals surface area contributed by atoms with Crippen molar-refractivity contribution in [2.24, 2.45) is 17.8 Å². The van der Waals surface area contributed by atoms with E-state index in [-0.39, 0.29) is 29.0 Å². The number of carboxylic acids is 1. The van der Waals surface area contributed by atoms with Crippen LogP contribution in [-0.2, 0) is 15.1 Å². The minimum Gasteiger partial charge on any atom is -0.478 e. The first-order chi connectivity index (χ1) is 19.2. The highest BCUT2D eigenvalue weighted by Gasteiger charge is 2.69. The third-order valence-corrected chi connectivity index (χ3v) is 8.46. The Morgan fingerprint density at radius 2 is 1.68 bits per heavy atom. The number of hydrogen-bond donors (Lipinski definition) is 2. The van der Waals surface area contributed by atoms with Crippen LogP contribution in [0.3, 0.4) is 0 Å². The molecule has 1 aromatic heterocycles. The van der Waals surface area contributed by atoms with E-state index in [0.717, 1.165) is 5.56 Å². The summed E-state index contributed by atoms with van der Waals surface area (Å²) in [6.07, 6.45) is 0.633. The normalized spacial score (nSPS) is 24.7. The van der Waals surface area contributed by atoms with Gasteiger partial charge in [0.25, 0.3) is 5.56 Å². The number of imide groups is 1. The minimum atomic E-state index is -1.20. The number of rotatable bonds is 4. The molecule has 7 rings (SSSR count). The largest absolute Gasteiger partial charge is 0.478 e. The number of carbonyl (C=O) groups excluding carboxylic acids is 2. The predicted molar refractivity (Wildman–Crippen MR) is 147 cm³/mol. The van der Waals surface area contributed by atoms with Gasteiger partial charge in [0.2, 0.25) is 11.8 Å². The summed E-state index contributed by atoms with van der Waals surface area (Å²) < 4.78 is 1.58. The molecule has 4 aromatic rings. The van der Waals surface area contributed by atoms with Crippen LogP contribution in [-0.4, -0.2) is 38.5 Å². The molecule has 0 radical (unpaired) electrons. The van der Waals surface area contributed by atoms with Gasteiger partial charge in [-0.05, 0) is 54.8 Å². The summed E-state index contributed by atoms with van der Waals surface area (Å²) in [6, 6.07) is 20.0. The molecule has 2 saturated heterocycles. The quantitative estimate of drug-likeness (QED) is 0.385. The number of fused-ring (bicyclic) bond motifs is 8. The molecule has 3 aliphatic rings. The van der Waals surface area contributed by atoms with Gasteiger partial charge in [0.1, 0.15) is 11.4 Å². The topological polar surface area (TPSA) is 122 Å². The first-order valence-corrected chi connectivity index (χ1v) is 13.3. The molecular weight excluding hydrogens is 508 g/mol. The SMILES string of the molecule is CC(C)C[C@H]1N[C@]2(c3ccccc3-n3c2nc2ccccc2c3=O)[C@H]2C(=O)N(c3ccc(C(=O)O)cc3)C(=O)[C@@H]12. The maximum absolute atomic E-state index is 14.4. The Kier molecular flexibility index (Phi) is 5.15. The molecule has 0 bridgehead atoms. The minimum absolute atomic E-state index is 0.0629. The lowest BCUT2D eigenvalue weighted by atomic mass is 9.75. The summed E-state index contributed by atoms with van der Waals surface area (Å²) >= 11 is 0. The van der Waals surface area contributed by atoms with Crippen molar-refractivity contribution in [3.05, 3.63) is 100 Å². The highest BCUT2D eigenvalue weighted by molar-refractivity contribution is 6.23. The van der Waals surface area contributed by atoms with Crippen molar-refractivity contribution in [1.29, 1.82) is 0 Å². The molecule has 40 heavy (non-hydrogen) atoms. The van der Waals surface area contributed by atoms with Gasteiger partial charge in [-0.15, -0.1) is 0 Å². The van der Waals surface area contributed by atoms with Gasteiger partial charge < -0.3 is 5.11 Å². The van der Waals surface area contributed by atoms with E-state index in [9.17, 15) is 24.3 Å². The van der Waals surface area contributed by atoms with E-state index in [1.54, 1.807) is 22.8 Å². The summed E-state index contributed by atoms with van der Waals surface area (Å²) in [6.45, 7) is 4.14. The Morgan fingerprint density at radius 3 is 2.40 bits per heavy atom. The average Bonchev–Trinajstić information content (AvgIpc) is 3.51. The lowest BCUT2D eigenvalue weighted by Crippen LogP contribution is -2.50. The number of anilines is 1. The number of carboxylic acid groups (broad SMARTS) is 1. The number of hydrogen-bond acceptors (Lipinski definition) is 6. The van der Waals surface area contributed by atoms with Gasteiger partial charge in [-0.2, -0.15) is 0 Å². The van der Waals surface area contributed by atoms with Crippen LogP contribution in [0.4, 0.5) is 5.69 Å². The van der Waals surface area contributed by atoms with Crippen molar-refractivity contribution in [2.45, 2.75) is 31.8 Å². The molecular formula is C31H26N4O5. The molecule has 9 heteroatoms. The number of nitrogens with zero attached hydrogens (tertiary/aromatic N) is 3. The van der Waals surface area contributed by atoms with E-state index in [2.05, 4.69) is 19.2 Å². The van der Waals surface area contributed by atoms with Gasteiger partial charge in [0.05, 0.1) is 39.7 Å². The standard InChI is InChI=1S/C31H26N4O5/c1-16(2)15-22-24-25(28(38)34(27(24)37)18-13-11-17(12-14-18)29(39)40)31(33-22)20-8-4-6-10-23(20)35-26(36)19-7-3-5-9-21(19)32-30(31)35/h3-14,16,22,24-25,33H,15H2,1-2H3,(H,39,40)/t22-,24+,25-,31-/m1/s1. The number of nitrogens with one attached hydrogen (secondary N) is 1. The van der Waals surface area contributed by atoms with Crippen LogP contribution in [0.5, 0.6) is 0 Å². The summed E-state index contributed by atoms with van der Waals surface area (Å²) in [5.74, 6) is -2.76. The van der Waals surface area contributed by atoms with Crippen LogP contribution < -0.4 is 15.8 Å². The van der Waals surface area contributed by atoms with Crippen LogP contribution in [0.1, 0.15) is 42.0 Å². The molecule has 0 unspecified atom stereocenters. The maximum atomic E-state index is 14.4. The van der Waals surface area contributed by atoms with Gasteiger partial charge in [0.15, 0.2) is 0 Å². The maximum Gasteiger partial charge on any atom is 0.335 e. The second kappa shape index (κ2) is 8.43. The number of amides is 2. The van der Waals surface area contributed by atoms with Crippen molar-refractivity contribution in [3.63, 3.8) is 0 Å². The third-order valence-electron chi connectivity index (χ3n) is 8.46. The Morgan fingerprint density at radius 1 is 0.975 bits per heavy atom. The molecule has 9 nitrogen and oxygen atoms in total. The van der Waals surface area contributed by atoms with Crippen molar-refractivity contribution in [1.82, 2.24) is 14.9 Å². The van der Waals surface area contributed by atoms with E-state index in [1.807, 2.05) is 30.3 Å². The number of para-hydroxylation sites is 2. The van der Waals surface area contributed by atoms with Gasteiger partial charge in [0, 0.05) is 11.6 Å². The van der Waals surface area contributed by atoms with Crippen LogP contribution in [0.2, 0.25) is 0 Å². The fraction of sp³-hybridized carbons (Fsp3) is 0.258. The Labute approximate surface area is 229 Å². The smallest absolute Gasteiger partial charge is 0.335 e. The summed E-state index contributed by atoms with van der Waals surface area (Å²) in [5, 5.41) is 13.5. The van der Waals surface area contributed by atoms with Crippen LogP contribution >= 0.6 is 0 Å². The van der Waals surface area contributed by atoms with Crippen LogP contribution in [0, 0.1) is 17.8 Å². The van der Waals surface area contributed by atoms with Crippen LogP contribution in [0.25, 0.3) is 16.6 Å². The fourth-order valence-electron chi connectivity index (χ4n) is 6.94. The van der Waals surface area contributed by atoms with Crippen molar-refractivity contribution < 1.29 is 19.5 Å². The molecule has 200 valence electrons.